The van der Waals surface area contributed by atoms with Gasteiger partial charge in [0.25, 0.3) is 0 Å². The predicted molar refractivity (Wildman–Crippen MR) is 48.9 cm³/mol. The van der Waals surface area contributed by atoms with E-state index in [4.69, 9.17) is 5.11 Å². The van der Waals surface area contributed by atoms with Crippen LogP contribution in [0, 0.1) is 0 Å². The van der Waals surface area contributed by atoms with Gasteiger partial charge in [0.15, 0.2) is 0 Å². The van der Waals surface area contributed by atoms with E-state index in [9.17, 15) is 13.2 Å². The van der Waals surface area contributed by atoms with Crippen LogP contribution in [-0.4, -0.2) is 42.1 Å². The van der Waals surface area contributed by atoms with Crippen LogP contribution in [0.3, 0.4) is 0 Å². The van der Waals surface area contributed by atoms with Crippen molar-refractivity contribution < 1.29 is 18.3 Å². The molecule has 0 aliphatic heterocycles. The lowest BCUT2D eigenvalue weighted by Crippen LogP contribution is -2.51. The van der Waals surface area contributed by atoms with E-state index in [0.717, 1.165) is 4.31 Å². The molecule has 0 aromatic carbocycles. The van der Waals surface area contributed by atoms with Gasteiger partial charge < -0.3 is 5.11 Å². The number of sulfonamides is 1. The van der Waals surface area contributed by atoms with E-state index in [-0.39, 0.29) is 5.75 Å². The Kier molecular flexibility index (Phi) is 3.46. The highest BCUT2D eigenvalue weighted by Crippen LogP contribution is 2.16. The van der Waals surface area contributed by atoms with Crippen LogP contribution in [0.5, 0.6) is 0 Å². The Balaban J connectivity index is 5.01. The molecule has 1 N–H and O–H groups in total. The summed E-state index contributed by atoms with van der Waals surface area (Å²) < 4.78 is 23.5. The minimum Gasteiger partial charge on any atom is -0.480 e. The van der Waals surface area contributed by atoms with E-state index in [1.54, 1.807) is 0 Å². The molecule has 0 aliphatic rings. The van der Waals surface area contributed by atoms with E-state index < -0.39 is 21.5 Å². The summed E-state index contributed by atoms with van der Waals surface area (Å²) in [6.07, 6.45) is 0. The summed E-state index contributed by atoms with van der Waals surface area (Å²) >= 11 is 0. The summed E-state index contributed by atoms with van der Waals surface area (Å²) in [5.41, 5.74) is -1.39. The minimum atomic E-state index is -3.45. The molecule has 0 aromatic heterocycles. The van der Waals surface area contributed by atoms with Gasteiger partial charge in [-0.25, -0.2) is 8.42 Å². The van der Waals surface area contributed by atoms with Gasteiger partial charge >= 0.3 is 5.97 Å². The first kappa shape index (κ1) is 12.4. The fourth-order valence-electron chi connectivity index (χ4n) is 0.676. The second-order valence-electron chi connectivity index (χ2n) is 3.23. The second kappa shape index (κ2) is 3.63. The summed E-state index contributed by atoms with van der Waals surface area (Å²) in [6, 6.07) is 0. The fraction of sp³-hybridized carbons (Fsp3) is 0.857. The van der Waals surface area contributed by atoms with Crippen molar-refractivity contribution in [3.63, 3.8) is 0 Å². The predicted octanol–water partition coefficient (Wildman–Crippen LogP) is 0.131. The molecule has 5 nitrogen and oxygen atoms in total. The zero-order valence-corrected chi connectivity index (χ0v) is 9.05. The Morgan fingerprint density at radius 2 is 1.85 bits per heavy atom. The summed E-state index contributed by atoms with van der Waals surface area (Å²) in [6.45, 7) is 4.18. The smallest absolute Gasteiger partial charge is 0.324 e. The van der Waals surface area contributed by atoms with Gasteiger partial charge in [-0.2, -0.15) is 4.31 Å². The average Bonchev–Trinajstić information content (AvgIpc) is 2.02. The van der Waals surface area contributed by atoms with Crippen molar-refractivity contribution in [2.75, 3.05) is 12.8 Å². The van der Waals surface area contributed by atoms with Crippen molar-refractivity contribution in [3.8, 4) is 0 Å². The van der Waals surface area contributed by atoms with E-state index in [1.807, 2.05) is 0 Å². The third-order valence-electron chi connectivity index (χ3n) is 2.09. The highest BCUT2D eigenvalue weighted by molar-refractivity contribution is 7.89. The first-order valence-corrected chi connectivity index (χ1v) is 5.47. The molecule has 0 bridgehead atoms. The lowest BCUT2D eigenvalue weighted by molar-refractivity contribution is -0.145. The molecule has 13 heavy (non-hydrogen) atoms. The maximum Gasteiger partial charge on any atom is 0.324 e. The Bertz CT molecular complexity index is 294. The van der Waals surface area contributed by atoms with Crippen LogP contribution >= 0.6 is 0 Å². The van der Waals surface area contributed by atoms with Crippen LogP contribution in [0.15, 0.2) is 0 Å². The van der Waals surface area contributed by atoms with Gasteiger partial charge in [-0.3, -0.25) is 4.79 Å². The molecule has 0 saturated carbocycles. The first-order chi connectivity index (χ1) is 5.66. The van der Waals surface area contributed by atoms with Crippen molar-refractivity contribution in [1.29, 1.82) is 0 Å². The normalized spacial score (nSPS) is 13.3. The maximum atomic E-state index is 11.3. The van der Waals surface area contributed by atoms with Gasteiger partial charge in [0.05, 0.1) is 5.75 Å². The number of likely N-dealkylation sites (N-methyl/N-ethyl adjacent to an activating group) is 1. The molecule has 78 valence electrons. The summed E-state index contributed by atoms with van der Waals surface area (Å²) in [7, 11) is -2.18. The molecule has 0 fully saturated rings. The summed E-state index contributed by atoms with van der Waals surface area (Å²) in [5.74, 6) is -1.26. The molecule has 0 aliphatic carbocycles. The molecular formula is C7H15NO4S. The van der Waals surface area contributed by atoms with Crippen LogP contribution in [0.1, 0.15) is 20.8 Å². The topological polar surface area (TPSA) is 74.7 Å². The highest BCUT2D eigenvalue weighted by Gasteiger charge is 2.38. The summed E-state index contributed by atoms with van der Waals surface area (Å²) in [5, 5.41) is 8.76. The van der Waals surface area contributed by atoms with E-state index >= 15 is 0 Å². The Morgan fingerprint density at radius 1 is 1.46 bits per heavy atom. The van der Waals surface area contributed by atoms with Crippen molar-refractivity contribution in [3.05, 3.63) is 0 Å². The van der Waals surface area contributed by atoms with E-state index in [2.05, 4.69) is 0 Å². The highest BCUT2D eigenvalue weighted by atomic mass is 32.2. The Labute approximate surface area is 78.4 Å². The number of nitrogens with zero attached hydrogens (tertiary/aromatic N) is 1. The third kappa shape index (κ3) is 2.41. The van der Waals surface area contributed by atoms with Crippen molar-refractivity contribution in [2.24, 2.45) is 0 Å². The SMILES string of the molecule is CCS(=O)(=O)N(C)C(C)(C)C(=O)O. The zero-order valence-electron chi connectivity index (χ0n) is 8.23. The summed E-state index contributed by atoms with van der Waals surface area (Å²) in [4.78, 5) is 10.7. The number of rotatable bonds is 4. The van der Waals surface area contributed by atoms with E-state index in [0.29, 0.717) is 0 Å². The minimum absolute atomic E-state index is 0.0970. The van der Waals surface area contributed by atoms with Crippen LogP contribution in [0.25, 0.3) is 0 Å². The Morgan fingerprint density at radius 3 is 2.08 bits per heavy atom. The van der Waals surface area contributed by atoms with Crippen molar-refractivity contribution in [1.82, 2.24) is 4.31 Å². The quantitative estimate of drug-likeness (QED) is 0.714. The number of hydrogen-bond acceptors (Lipinski definition) is 3. The number of aliphatic carboxylic acids is 1. The molecule has 6 heteroatoms. The van der Waals surface area contributed by atoms with Gasteiger partial charge in [0.1, 0.15) is 5.54 Å². The van der Waals surface area contributed by atoms with Gasteiger partial charge in [-0.1, -0.05) is 0 Å². The molecule has 0 heterocycles. The average molecular weight is 209 g/mol. The number of carboxylic acids is 1. The largest absolute Gasteiger partial charge is 0.480 e. The molecule has 0 aromatic rings. The van der Waals surface area contributed by atoms with E-state index in [1.165, 1.54) is 27.8 Å². The van der Waals surface area contributed by atoms with Gasteiger partial charge in [-0.15, -0.1) is 0 Å². The van der Waals surface area contributed by atoms with Gasteiger partial charge in [0.2, 0.25) is 10.0 Å². The third-order valence-corrected chi connectivity index (χ3v) is 4.11. The van der Waals surface area contributed by atoms with Crippen molar-refractivity contribution in [2.45, 2.75) is 26.3 Å². The molecular weight excluding hydrogens is 194 g/mol. The number of carbonyl (C=O) groups is 1. The molecule has 0 atom stereocenters. The molecule has 0 unspecified atom stereocenters. The molecule has 0 amide bonds. The van der Waals surface area contributed by atoms with Crippen molar-refractivity contribution >= 4 is 16.0 Å². The van der Waals surface area contributed by atoms with Gasteiger partial charge in [-0.05, 0) is 20.8 Å². The zero-order chi connectivity index (χ0) is 10.9. The van der Waals surface area contributed by atoms with Crippen LogP contribution < -0.4 is 0 Å². The number of carboxylic acid groups (broad SMARTS) is 1. The van der Waals surface area contributed by atoms with Crippen LogP contribution in [-0.2, 0) is 14.8 Å². The lowest BCUT2D eigenvalue weighted by Gasteiger charge is -2.29. The number of hydrogen-bond donors (Lipinski definition) is 1. The molecule has 0 saturated heterocycles. The van der Waals surface area contributed by atoms with Gasteiger partial charge in [0, 0.05) is 7.05 Å². The first-order valence-electron chi connectivity index (χ1n) is 3.86. The fourth-order valence-corrected chi connectivity index (χ4v) is 1.84. The maximum absolute atomic E-state index is 11.3. The van der Waals surface area contributed by atoms with Crippen LogP contribution in [0.2, 0.25) is 0 Å². The Hall–Kier alpha value is -0.620. The molecule has 0 rings (SSSR count). The molecule has 0 spiro atoms. The van der Waals surface area contributed by atoms with Crippen LogP contribution in [0.4, 0.5) is 0 Å². The monoisotopic (exact) mass is 209 g/mol. The standard InChI is InChI=1S/C7H15NO4S/c1-5-13(11,12)8(4)7(2,3)6(9)10/h5H2,1-4H3,(H,9,10). The molecule has 0 radical (unpaired) electrons. The second-order valence-corrected chi connectivity index (χ2v) is 5.52. The lowest BCUT2D eigenvalue weighted by atomic mass is 10.1.